The summed E-state index contributed by atoms with van der Waals surface area (Å²) < 4.78 is 27.2. The molecule has 1 aliphatic rings. The molecule has 11 heteroatoms. The van der Waals surface area contributed by atoms with Crippen molar-refractivity contribution < 1.29 is 13.2 Å². The highest BCUT2D eigenvalue weighted by molar-refractivity contribution is 7.89. The van der Waals surface area contributed by atoms with Crippen molar-refractivity contribution in [1.82, 2.24) is 19.2 Å². The Kier molecular flexibility index (Phi) is 6.93. The minimum Gasteiger partial charge on any atom is -0.336 e. The van der Waals surface area contributed by atoms with Gasteiger partial charge in [0.15, 0.2) is 0 Å². The Bertz CT molecular complexity index is 1650. The third-order valence-electron chi connectivity index (χ3n) is 6.58. The first-order valence-corrected chi connectivity index (χ1v) is 14.5. The highest BCUT2D eigenvalue weighted by Crippen LogP contribution is 2.29. The first kappa shape index (κ1) is 25.6. The lowest BCUT2D eigenvalue weighted by Gasteiger charge is -2.34. The van der Waals surface area contributed by atoms with Gasteiger partial charge in [0.05, 0.1) is 10.3 Å². The molecule has 1 aliphatic heterocycles. The summed E-state index contributed by atoms with van der Waals surface area (Å²) in [6.45, 7) is 4.98. The molecule has 1 fully saturated rings. The van der Waals surface area contributed by atoms with Crippen molar-refractivity contribution in [3.63, 3.8) is 0 Å². The summed E-state index contributed by atoms with van der Waals surface area (Å²) in [5.74, 6) is 0.282. The highest BCUT2D eigenvalue weighted by atomic mass is 35.5. The monoisotopic (exact) mass is 556 g/mol. The third-order valence-corrected chi connectivity index (χ3v) is 9.75. The molecule has 0 bridgehead atoms. The number of piperazine rings is 1. The topological polar surface area (TPSA) is 103 Å². The molecule has 1 amide bonds. The van der Waals surface area contributed by atoms with Gasteiger partial charge in [-0.3, -0.25) is 9.59 Å². The second-order valence-electron chi connectivity index (χ2n) is 8.82. The summed E-state index contributed by atoms with van der Waals surface area (Å²) in [5, 5.41) is 1.01. The lowest BCUT2D eigenvalue weighted by atomic mass is 10.1. The standard InChI is InChI=1S/C26H25ClN4O4S2/c1-3-21-16(2)36-25-22(21)24(32)28-23(29-25)17-7-9-18(10-8-17)26(33)30-11-13-31(14-12-30)37(34,35)20-6-4-5-19(27)15-20/h4-10,15H,3,11-14H2,1-2H3,(H,28,29,32). The first-order valence-electron chi connectivity index (χ1n) is 11.9. The lowest BCUT2D eigenvalue weighted by molar-refractivity contribution is 0.0698. The van der Waals surface area contributed by atoms with Crippen LogP contribution in [0.5, 0.6) is 0 Å². The number of benzene rings is 2. The molecule has 1 saturated heterocycles. The van der Waals surface area contributed by atoms with E-state index in [9.17, 15) is 18.0 Å². The van der Waals surface area contributed by atoms with E-state index in [2.05, 4.69) is 9.97 Å². The molecule has 0 spiro atoms. The number of aryl methyl sites for hydroxylation is 2. The van der Waals surface area contributed by atoms with Crippen LogP contribution >= 0.6 is 22.9 Å². The zero-order valence-corrected chi connectivity index (χ0v) is 22.7. The summed E-state index contributed by atoms with van der Waals surface area (Å²) in [4.78, 5) is 37.0. The third kappa shape index (κ3) is 4.82. The average Bonchev–Trinajstić information content (AvgIpc) is 3.23. The molecule has 0 saturated carbocycles. The molecule has 4 aromatic rings. The molecule has 5 rings (SSSR count). The van der Waals surface area contributed by atoms with Gasteiger partial charge in [-0.2, -0.15) is 4.31 Å². The van der Waals surface area contributed by atoms with E-state index in [4.69, 9.17) is 11.6 Å². The van der Waals surface area contributed by atoms with Crippen LogP contribution in [-0.2, 0) is 16.4 Å². The van der Waals surface area contributed by atoms with Gasteiger partial charge in [0.1, 0.15) is 10.7 Å². The van der Waals surface area contributed by atoms with Crippen molar-refractivity contribution in [3.8, 4) is 11.4 Å². The Morgan fingerprint density at radius 3 is 2.46 bits per heavy atom. The number of carbonyl (C=O) groups excluding carboxylic acids is 1. The number of thiophene rings is 1. The van der Waals surface area contributed by atoms with E-state index >= 15 is 0 Å². The lowest BCUT2D eigenvalue weighted by Crippen LogP contribution is -2.50. The SMILES string of the molecule is CCc1c(C)sc2nc(-c3ccc(C(=O)N4CCN(S(=O)(=O)c5cccc(Cl)c5)CC4)cc3)[nH]c(=O)c12. The quantitative estimate of drug-likeness (QED) is 0.394. The summed E-state index contributed by atoms with van der Waals surface area (Å²) >= 11 is 7.47. The molecule has 2 aromatic carbocycles. The molecule has 192 valence electrons. The van der Waals surface area contributed by atoms with E-state index in [1.807, 2.05) is 13.8 Å². The number of halogens is 1. The number of H-pyrrole nitrogens is 1. The number of nitrogens with one attached hydrogen (secondary N) is 1. The predicted molar refractivity (Wildman–Crippen MR) is 146 cm³/mol. The van der Waals surface area contributed by atoms with Crippen LogP contribution in [0.15, 0.2) is 58.2 Å². The maximum Gasteiger partial charge on any atom is 0.260 e. The second kappa shape index (κ2) is 10.0. The van der Waals surface area contributed by atoms with Gasteiger partial charge in [-0.15, -0.1) is 11.3 Å². The van der Waals surface area contributed by atoms with E-state index < -0.39 is 10.0 Å². The number of nitrogens with zero attached hydrogens (tertiary/aromatic N) is 3. The van der Waals surface area contributed by atoms with Crippen LogP contribution in [0.2, 0.25) is 5.02 Å². The van der Waals surface area contributed by atoms with Crippen LogP contribution in [0, 0.1) is 6.92 Å². The summed E-state index contributed by atoms with van der Waals surface area (Å²) in [6.07, 6.45) is 0.771. The molecular weight excluding hydrogens is 532 g/mol. The van der Waals surface area contributed by atoms with Crippen LogP contribution in [0.1, 0.15) is 27.7 Å². The number of amides is 1. The summed E-state index contributed by atoms with van der Waals surface area (Å²) in [6, 6.07) is 13.1. The normalized spacial score (nSPS) is 14.8. The fourth-order valence-corrected chi connectivity index (χ4v) is 7.44. The number of hydrogen-bond donors (Lipinski definition) is 1. The Morgan fingerprint density at radius 1 is 1.11 bits per heavy atom. The zero-order valence-electron chi connectivity index (χ0n) is 20.3. The van der Waals surface area contributed by atoms with Crippen molar-refractivity contribution in [2.24, 2.45) is 0 Å². The van der Waals surface area contributed by atoms with Crippen molar-refractivity contribution >= 4 is 49.1 Å². The molecular formula is C26H25ClN4O4S2. The fourth-order valence-electron chi connectivity index (χ4n) is 4.60. The van der Waals surface area contributed by atoms with Crippen molar-refractivity contribution in [2.75, 3.05) is 26.2 Å². The van der Waals surface area contributed by atoms with E-state index in [-0.39, 0.29) is 42.5 Å². The Hall–Kier alpha value is -3.05. The van der Waals surface area contributed by atoms with Gasteiger partial charge < -0.3 is 9.88 Å². The summed E-state index contributed by atoms with van der Waals surface area (Å²) in [7, 11) is -3.68. The number of aromatic amines is 1. The van der Waals surface area contributed by atoms with Crippen molar-refractivity contribution in [2.45, 2.75) is 25.2 Å². The van der Waals surface area contributed by atoms with Gasteiger partial charge in [-0.25, -0.2) is 13.4 Å². The zero-order chi connectivity index (χ0) is 26.3. The van der Waals surface area contributed by atoms with Gasteiger partial charge in [-0.1, -0.05) is 36.7 Å². The molecule has 3 heterocycles. The Labute approximate surface area is 223 Å². The summed E-state index contributed by atoms with van der Waals surface area (Å²) in [5.41, 5.74) is 2.06. The molecule has 0 unspecified atom stereocenters. The van der Waals surface area contributed by atoms with Gasteiger partial charge >= 0.3 is 0 Å². The number of sulfonamides is 1. The fraction of sp³-hybridized carbons (Fsp3) is 0.269. The van der Waals surface area contributed by atoms with E-state index in [0.717, 1.165) is 16.9 Å². The largest absolute Gasteiger partial charge is 0.336 e. The van der Waals surface area contributed by atoms with Crippen LogP contribution in [-0.4, -0.2) is 59.7 Å². The molecule has 8 nitrogen and oxygen atoms in total. The van der Waals surface area contributed by atoms with Gasteiger partial charge in [0, 0.05) is 47.2 Å². The van der Waals surface area contributed by atoms with E-state index in [1.165, 1.54) is 27.8 Å². The van der Waals surface area contributed by atoms with Crippen LogP contribution in [0.3, 0.4) is 0 Å². The van der Waals surface area contributed by atoms with Gasteiger partial charge in [-0.05, 0) is 49.2 Å². The van der Waals surface area contributed by atoms with Gasteiger partial charge in [0.2, 0.25) is 10.0 Å². The van der Waals surface area contributed by atoms with Crippen LogP contribution < -0.4 is 5.56 Å². The number of fused-ring (bicyclic) bond motifs is 1. The minimum atomic E-state index is -3.68. The number of carbonyl (C=O) groups is 1. The maximum atomic E-state index is 13.1. The first-order chi connectivity index (χ1) is 17.7. The molecule has 2 aromatic heterocycles. The molecule has 37 heavy (non-hydrogen) atoms. The van der Waals surface area contributed by atoms with E-state index in [0.29, 0.717) is 32.2 Å². The molecule has 0 aliphatic carbocycles. The minimum absolute atomic E-state index is 0.142. The average molecular weight is 557 g/mol. The predicted octanol–water partition coefficient (Wildman–Crippen LogP) is 4.32. The van der Waals surface area contributed by atoms with Crippen molar-refractivity contribution in [1.29, 1.82) is 0 Å². The van der Waals surface area contributed by atoms with Crippen molar-refractivity contribution in [3.05, 3.63) is 79.9 Å². The molecule has 0 atom stereocenters. The van der Waals surface area contributed by atoms with E-state index in [1.54, 1.807) is 41.3 Å². The maximum absolute atomic E-state index is 13.1. The number of hydrogen-bond acceptors (Lipinski definition) is 6. The Balaban J connectivity index is 1.29. The smallest absolute Gasteiger partial charge is 0.260 e. The molecule has 0 radical (unpaired) electrons. The van der Waals surface area contributed by atoms with Gasteiger partial charge in [0.25, 0.3) is 11.5 Å². The van der Waals surface area contributed by atoms with Crippen LogP contribution in [0.4, 0.5) is 0 Å². The number of aromatic nitrogens is 2. The molecule has 1 N–H and O–H groups in total. The highest BCUT2D eigenvalue weighted by Gasteiger charge is 2.30. The van der Waals surface area contributed by atoms with Crippen LogP contribution in [0.25, 0.3) is 21.6 Å². The Morgan fingerprint density at radius 2 is 1.81 bits per heavy atom. The second-order valence-corrected chi connectivity index (χ2v) is 12.4. The number of rotatable bonds is 5.